The van der Waals surface area contributed by atoms with E-state index in [-0.39, 0.29) is 0 Å². The molecule has 0 aromatic carbocycles. The topological polar surface area (TPSA) is 56.3 Å². The van der Waals surface area contributed by atoms with E-state index in [1.807, 2.05) is 6.07 Å². The van der Waals surface area contributed by atoms with Crippen LogP contribution in [0.3, 0.4) is 0 Å². The van der Waals surface area contributed by atoms with Crippen LogP contribution in [-0.4, -0.2) is 72.6 Å². The lowest BCUT2D eigenvalue weighted by molar-refractivity contribution is 0.122. The van der Waals surface area contributed by atoms with Gasteiger partial charge in [-0.1, -0.05) is 6.92 Å². The zero-order valence-corrected chi connectivity index (χ0v) is 12.8. The van der Waals surface area contributed by atoms with Gasteiger partial charge in [0.05, 0.1) is 0 Å². The maximum Gasteiger partial charge on any atom is 0.131 e. The Labute approximate surface area is 121 Å². The smallest absolute Gasteiger partial charge is 0.131 e. The van der Waals surface area contributed by atoms with E-state index < -0.39 is 0 Å². The second-order valence-electron chi connectivity index (χ2n) is 5.49. The lowest BCUT2D eigenvalue weighted by Gasteiger charge is -2.37. The Morgan fingerprint density at radius 3 is 2.70 bits per heavy atom. The van der Waals surface area contributed by atoms with E-state index in [1.54, 1.807) is 6.33 Å². The van der Waals surface area contributed by atoms with Gasteiger partial charge < -0.3 is 15.5 Å². The van der Waals surface area contributed by atoms with Gasteiger partial charge >= 0.3 is 0 Å². The average Bonchev–Trinajstić information content (AvgIpc) is 2.46. The Balaban J connectivity index is 1.86. The molecule has 1 aromatic heterocycles. The molecule has 6 heteroatoms. The Morgan fingerprint density at radius 1 is 1.20 bits per heavy atom. The molecule has 1 aliphatic rings. The van der Waals surface area contributed by atoms with Gasteiger partial charge in [-0.05, 0) is 20.5 Å². The van der Waals surface area contributed by atoms with Gasteiger partial charge in [0.25, 0.3) is 0 Å². The number of nitrogens with one attached hydrogen (secondary N) is 2. The molecule has 2 rings (SSSR count). The molecule has 0 amide bonds. The zero-order chi connectivity index (χ0) is 14.4. The van der Waals surface area contributed by atoms with Crippen LogP contribution in [0.5, 0.6) is 0 Å². The number of hydrogen-bond acceptors (Lipinski definition) is 6. The molecule has 1 atom stereocenters. The van der Waals surface area contributed by atoms with Crippen molar-refractivity contribution in [1.29, 1.82) is 0 Å². The SMILES string of the molecule is CCCNc1cc(NCC2CN(C)CCN2C)ncn1. The summed E-state index contributed by atoms with van der Waals surface area (Å²) in [5.41, 5.74) is 0. The summed E-state index contributed by atoms with van der Waals surface area (Å²) in [6.45, 7) is 7.34. The van der Waals surface area contributed by atoms with Gasteiger partial charge in [0.1, 0.15) is 18.0 Å². The summed E-state index contributed by atoms with van der Waals surface area (Å²) in [7, 11) is 4.37. The molecule has 6 nitrogen and oxygen atoms in total. The van der Waals surface area contributed by atoms with Gasteiger partial charge in [0.2, 0.25) is 0 Å². The van der Waals surface area contributed by atoms with Crippen LogP contribution in [0.15, 0.2) is 12.4 Å². The average molecular weight is 278 g/mol. The molecule has 112 valence electrons. The largest absolute Gasteiger partial charge is 0.370 e. The number of anilines is 2. The van der Waals surface area contributed by atoms with Gasteiger partial charge in [-0.2, -0.15) is 0 Å². The first-order valence-electron chi connectivity index (χ1n) is 7.37. The maximum atomic E-state index is 4.28. The number of hydrogen-bond donors (Lipinski definition) is 2. The van der Waals surface area contributed by atoms with Crippen LogP contribution in [0.4, 0.5) is 11.6 Å². The van der Waals surface area contributed by atoms with Crippen LogP contribution in [0.25, 0.3) is 0 Å². The van der Waals surface area contributed by atoms with Crippen molar-refractivity contribution in [2.75, 3.05) is 57.5 Å². The van der Waals surface area contributed by atoms with Crippen molar-refractivity contribution in [3.8, 4) is 0 Å². The van der Waals surface area contributed by atoms with Crippen LogP contribution >= 0.6 is 0 Å². The van der Waals surface area contributed by atoms with E-state index in [0.717, 1.165) is 50.8 Å². The van der Waals surface area contributed by atoms with Crippen molar-refractivity contribution in [2.45, 2.75) is 19.4 Å². The van der Waals surface area contributed by atoms with Gasteiger partial charge in [-0.3, -0.25) is 4.90 Å². The molecule has 1 aromatic rings. The summed E-state index contributed by atoms with van der Waals surface area (Å²) in [5, 5.41) is 6.70. The second-order valence-corrected chi connectivity index (χ2v) is 5.49. The standard InChI is InChI=1S/C14H26N6/c1-4-5-15-13-8-14(18-11-17-13)16-9-12-10-19(2)6-7-20(12)3/h8,11-12H,4-7,9-10H2,1-3H3,(H2,15,16,17,18). The summed E-state index contributed by atoms with van der Waals surface area (Å²) in [6.07, 6.45) is 2.70. The van der Waals surface area contributed by atoms with Gasteiger partial charge in [0.15, 0.2) is 0 Å². The van der Waals surface area contributed by atoms with Crippen LogP contribution in [0.1, 0.15) is 13.3 Å². The third-order valence-corrected chi connectivity index (χ3v) is 3.72. The molecule has 2 N–H and O–H groups in total. The van der Waals surface area contributed by atoms with E-state index in [1.165, 1.54) is 0 Å². The molecule has 0 spiro atoms. The molecule has 1 saturated heterocycles. The fraction of sp³-hybridized carbons (Fsp3) is 0.714. The van der Waals surface area contributed by atoms with Gasteiger partial charge in [-0.25, -0.2) is 9.97 Å². The highest BCUT2D eigenvalue weighted by atomic mass is 15.3. The van der Waals surface area contributed by atoms with Crippen LogP contribution in [0, 0.1) is 0 Å². The Kier molecular flexibility index (Phi) is 5.55. The van der Waals surface area contributed by atoms with Crippen LogP contribution < -0.4 is 10.6 Å². The predicted octanol–water partition coefficient (Wildman–Crippen LogP) is 0.956. The number of likely N-dealkylation sites (N-methyl/N-ethyl adjacent to an activating group) is 2. The normalized spacial score (nSPS) is 20.9. The quantitative estimate of drug-likeness (QED) is 0.808. The van der Waals surface area contributed by atoms with Crippen molar-refractivity contribution in [3.05, 3.63) is 12.4 Å². The lowest BCUT2D eigenvalue weighted by Crippen LogP contribution is -2.52. The number of rotatable bonds is 6. The Bertz CT molecular complexity index is 410. The molecule has 1 fully saturated rings. The number of aromatic nitrogens is 2. The number of piperazine rings is 1. The van der Waals surface area contributed by atoms with Crippen molar-refractivity contribution in [2.24, 2.45) is 0 Å². The highest BCUT2D eigenvalue weighted by molar-refractivity contribution is 5.46. The van der Waals surface area contributed by atoms with Gasteiger partial charge in [-0.15, -0.1) is 0 Å². The first kappa shape index (κ1) is 15.0. The fourth-order valence-electron chi connectivity index (χ4n) is 2.35. The first-order valence-corrected chi connectivity index (χ1v) is 7.37. The second kappa shape index (κ2) is 7.40. The van der Waals surface area contributed by atoms with E-state index in [4.69, 9.17) is 0 Å². The van der Waals surface area contributed by atoms with Crippen molar-refractivity contribution < 1.29 is 0 Å². The monoisotopic (exact) mass is 278 g/mol. The lowest BCUT2D eigenvalue weighted by atomic mass is 10.2. The highest BCUT2D eigenvalue weighted by Crippen LogP contribution is 2.11. The van der Waals surface area contributed by atoms with E-state index in [2.05, 4.69) is 51.4 Å². The van der Waals surface area contributed by atoms with E-state index in [0.29, 0.717) is 6.04 Å². The number of nitrogens with zero attached hydrogens (tertiary/aromatic N) is 4. The molecule has 0 radical (unpaired) electrons. The Hall–Kier alpha value is -1.40. The van der Waals surface area contributed by atoms with Crippen molar-refractivity contribution in [1.82, 2.24) is 19.8 Å². The molecular weight excluding hydrogens is 252 g/mol. The Morgan fingerprint density at radius 2 is 1.95 bits per heavy atom. The third kappa shape index (κ3) is 4.31. The summed E-state index contributed by atoms with van der Waals surface area (Å²) >= 11 is 0. The molecule has 20 heavy (non-hydrogen) atoms. The highest BCUT2D eigenvalue weighted by Gasteiger charge is 2.21. The minimum absolute atomic E-state index is 0.524. The fourth-order valence-corrected chi connectivity index (χ4v) is 2.35. The third-order valence-electron chi connectivity index (χ3n) is 3.72. The maximum absolute atomic E-state index is 4.28. The summed E-state index contributed by atoms with van der Waals surface area (Å²) in [5.74, 6) is 1.78. The molecule has 1 unspecified atom stereocenters. The van der Waals surface area contributed by atoms with E-state index >= 15 is 0 Å². The molecule has 1 aliphatic heterocycles. The molecular formula is C14H26N6. The van der Waals surface area contributed by atoms with Crippen molar-refractivity contribution in [3.63, 3.8) is 0 Å². The molecule has 2 heterocycles. The van der Waals surface area contributed by atoms with Gasteiger partial charge in [0, 0.05) is 44.8 Å². The summed E-state index contributed by atoms with van der Waals surface area (Å²) in [6, 6.07) is 2.50. The van der Waals surface area contributed by atoms with Crippen LogP contribution in [-0.2, 0) is 0 Å². The van der Waals surface area contributed by atoms with Crippen LogP contribution in [0.2, 0.25) is 0 Å². The van der Waals surface area contributed by atoms with E-state index in [9.17, 15) is 0 Å². The minimum atomic E-state index is 0.524. The molecule has 0 saturated carbocycles. The summed E-state index contributed by atoms with van der Waals surface area (Å²) in [4.78, 5) is 13.3. The molecule has 0 bridgehead atoms. The summed E-state index contributed by atoms with van der Waals surface area (Å²) < 4.78 is 0. The van der Waals surface area contributed by atoms with Crippen molar-refractivity contribution >= 4 is 11.6 Å². The minimum Gasteiger partial charge on any atom is -0.370 e. The predicted molar refractivity (Wildman–Crippen MR) is 83.2 cm³/mol. The molecule has 0 aliphatic carbocycles. The first-order chi connectivity index (χ1) is 9.69. The zero-order valence-electron chi connectivity index (χ0n) is 12.8.